The number of likely N-dealkylation sites (tertiary alicyclic amines) is 1. The first-order chi connectivity index (χ1) is 16.2. The summed E-state index contributed by atoms with van der Waals surface area (Å²) in [5.41, 5.74) is 11.1. The van der Waals surface area contributed by atoms with E-state index in [1.807, 2.05) is 17.0 Å². The first kappa shape index (κ1) is 26.0. The molecule has 0 saturated carbocycles. The molecule has 1 fully saturated rings. The number of hydrogen-bond donors (Lipinski definition) is 1. The predicted octanol–water partition coefficient (Wildman–Crippen LogP) is 5.36. The zero-order chi connectivity index (χ0) is 24.7. The minimum atomic E-state index is -0.412. The van der Waals surface area contributed by atoms with Crippen LogP contribution in [0.2, 0.25) is 0 Å². The van der Waals surface area contributed by atoms with Crippen molar-refractivity contribution in [2.75, 3.05) is 24.5 Å². The van der Waals surface area contributed by atoms with Crippen LogP contribution in [0.1, 0.15) is 51.7 Å². The monoisotopic (exact) mass is 465 g/mol. The lowest BCUT2D eigenvalue weighted by Gasteiger charge is -2.31. The molecule has 5 heteroatoms. The minimum absolute atomic E-state index is 0.0782. The molecule has 2 aromatic carbocycles. The largest absolute Gasteiger partial charge is 0.363 e. The van der Waals surface area contributed by atoms with Crippen molar-refractivity contribution in [3.05, 3.63) is 77.1 Å². The number of amides is 1. The summed E-state index contributed by atoms with van der Waals surface area (Å²) in [7, 11) is 0. The Balaban J connectivity index is 1.66. The third kappa shape index (κ3) is 7.42. The van der Waals surface area contributed by atoms with Gasteiger partial charge < -0.3 is 15.5 Å². The molecule has 2 N–H and O–H groups in total. The lowest BCUT2D eigenvalue weighted by molar-refractivity contribution is -0.131. The molecule has 1 aliphatic rings. The number of carbonyl (C=O) groups excluding carboxylic acids is 1. The maximum atomic E-state index is 13.1. The summed E-state index contributed by atoms with van der Waals surface area (Å²) in [4.78, 5) is 17.2. The van der Waals surface area contributed by atoms with Gasteiger partial charge in [-0.1, -0.05) is 49.8 Å². The molecule has 0 aromatic heterocycles. The van der Waals surface area contributed by atoms with E-state index in [1.165, 1.54) is 29.0 Å². The fourth-order valence-corrected chi connectivity index (χ4v) is 4.58. The van der Waals surface area contributed by atoms with Gasteiger partial charge in [-0.05, 0) is 80.8 Å². The Morgan fingerprint density at radius 3 is 2.24 bits per heavy atom. The second kappa shape index (κ2) is 12.2. The molecule has 4 nitrogen and oxygen atoms in total. The Morgan fingerprint density at radius 1 is 1.09 bits per heavy atom. The highest BCUT2D eigenvalue weighted by molar-refractivity contribution is 5.82. The summed E-state index contributed by atoms with van der Waals surface area (Å²) in [5, 5.41) is 0. The number of allylic oxidation sites excluding steroid dienone is 1. The molecule has 0 bridgehead atoms. The second-order valence-electron chi connectivity index (χ2n) is 10.2. The zero-order valence-corrected chi connectivity index (χ0v) is 21.1. The van der Waals surface area contributed by atoms with Gasteiger partial charge in [-0.25, -0.2) is 4.39 Å². The Morgan fingerprint density at radius 2 is 1.68 bits per heavy atom. The van der Waals surface area contributed by atoms with Crippen LogP contribution in [0, 0.1) is 11.7 Å². The van der Waals surface area contributed by atoms with Gasteiger partial charge in [0.25, 0.3) is 0 Å². The third-order valence-electron chi connectivity index (χ3n) is 6.54. The predicted molar refractivity (Wildman–Crippen MR) is 139 cm³/mol. The molecule has 1 amide bonds. The minimum Gasteiger partial charge on any atom is -0.363 e. The van der Waals surface area contributed by atoms with Crippen molar-refractivity contribution in [2.45, 2.75) is 65.5 Å². The fraction of sp³-hybridized carbons (Fsp3) is 0.483. The van der Waals surface area contributed by atoms with E-state index in [0.29, 0.717) is 12.5 Å². The molecular formula is C29H40FN3O. The number of rotatable bonds is 10. The molecule has 1 aliphatic heterocycles. The third-order valence-corrected chi connectivity index (χ3v) is 6.54. The van der Waals surface area contributed by atoms with Crippen LogP contribution in [0.4, 0.5) is 10.1 Å². The molecule has 1 heterocycles. The SMILES string of the molecule is CC(C)=CCN(c1ccc(CCc2ccc(F)cc2)cc1)C1CCN(C(=O)[C@@H](N)CC(C)C)C1. The van der Waals surface area contributed by atoms with Crippen molar-refractivity contribution >= 4 is 11.6 Å². The fourth-order valence-electron chi connectivity index (χ4n) is 4.58. The quantitative estimate of drug-likeness (QED) is 0.481. The molecule has 1 saturated heterocycles. The van der Waals surface area contributed by atoms with Crippen LogP contribution in [-0.2, 0) is 17.6 Å². The molecule has 0 radical (unpaired) electrons. The standard InChI is InChI=1S/C29H40FN3O/c1-21(2)15-18-33(27-16-17-32(20-27)29(34)28(31)19-22(3)4)26-13-9-24(10-14-26)6-5-23-7-11-25(30)12-8-23/h7-15,22,27-28H,5-6,16-20,31H2,1-4H3/t27?,28-/m0/s1. The normalized spacial score (nSPS) is 16.6. The number of hydrogen-bond acceptors (Lipinski definition) is 3. The maximum Gasteiger partial charge on any atom is 0.239 e. The summed E-state index contributed by atoms with van der Waals surface area (Å²) < 4.78 is 13.1. The lowest BCUT2D eigenvalue weighted by Crippen LogP contribution is -2.45. The lowest BCUT2D eigenvalue weighted by atomic mass is 10.0. The number of anilines is 1. The second-order valence-corrected chi connectivity index (χ2v) is 10.2. The average molecular weight is 466 g/mol. The van der Waals surface area contributed by atoms with Crippen molar-refractivity contribution in [1.29, 1.82) is 0 Å². The summed E-state index contributed by atoms with van der Waals surface area (Å²) in [6.45, 7) is 10.7. The first-order valence-corrected chi connectivity index (χ1v) is 12.5. The van der Waals surface area contributed by atoms with Gasteiger partial charge in [-0.2, -0.15) is 0 Å². The van der Waals surface area contributed by atoms with Gasteiger partial charge in [0.15, 0.2) is 0 Å². The molecular weight excluding hydrogens is 425 g/mol. The van der Waals surface area contributed by atoms with E-state index in [9.17, 15) is 9.18 Å². The van der Waals surface area contributed by atoms with E-state index >= 15 is 0 Å². The summed E-state index contributed by atoms with van der Waals surface area (Å²) in [6.07, 6.45) is 5.72. The number of carbonyl (C=O) groups is 1. The van der Waals surface area contributed by atoms with E-state index in [0.717, 1.165) is 44.3 Å². The van der Waals surface area contributed by atoms with E-state index in [4.69, 9.17) is 5.73 Å². The number of nitrogens with two attached hydrogens (primary N) is 1. The molecule has 2 atom stereocenters. The molecule has 2 aromatic rings. The Hall–Kier alpha value is -2.66. The molecule has 184 valence electrons. The van der Waals surface area contributed by atoms with Gasteiger partial charge in [0.1, 0.15) is 5.82 Å². The van der Waals surface area contributed by atoms with Crippen LogP contribution < -0.4 is 10.6 Å². The van der Waals surface area contributed by atoms with Gasteiger partial charge in [-0.3, -0.25) is 4.79 Å². The van der Waals surface area contributed by atoms with Gasteiger partial charge in [-0.15, -0.1) is 0 Å². The van der Waals surface area contributed by atoms with Crippen LogP contribution in [0.25, 0.3) is 0 Å². The van der Waals surface area contributed by atoms with Gasteiger partial charge in [0.2, 0.25) is 5.91 Å². The Bertz CT molecular complexity index is 948. The number of aryl methyl sites for hydroxylation is 2. The van der Waals surface area contributed by atoms with Crippen molar-refractivity contribution < 1.29 is 9.18 Å². The van der Waals surface area contributed by atoms with Crippen molar-refractivity contribution in [1.82, 2.24) is 4.90 Å². The van der Waals surface area contributed by atoms with Crippen LogP contribution in [0.15, 0.2) is 60.2 Å². The summed E-state index contributed by atoms with van der Waals surface area (Å²) >= 11 is 0. The number of nitrogens with zero attached hydrogens (tertiary/aromatic N) is 2. The van der Waals surface area contributed by atoms with Gasteiger partial charge >= 0.3 is 0 Å². The van der Waals surface area contributed by atoms with Crippen molar-refractivity contribution in [2.24, 2.45) is 11.7 Å². The van der Waals surface area contributed by atoms with E-state index in [-0.39, 0.29) is 17.8 Å². The van der Waals surface area contributed by atoms with Crippen LogP contribution in [0.3, 0.4) is 0 Å². The van der Waals surface area contributed by atoms with E-state index in [1.54, 1.807) is 0 Å². The molecule has 1 unspecified atom stereocenters. The van der Waals surface area contributed by atoms with Crippen LogP contribution in [-0.4, -0.2) is 42.5 Å². The summed E-state index contributed by atoms with van der Waals surface area (Å²) in [6, 6.07) is 15.4. The molecule has 0 aliphatic carbocycles. The Labute approximate surface area is 204 Å². The average Bonchev–Trinajstić information content (AvgIpc) is 3.28. The topological polar surface area (TPSA) is 49.6 Å². The van der Waals surface area contributed by atoms with Crippen LogP contribution >= 0.6 is 0 Å². The maximum absolute atomic E-state index is 13.1. The number of halogens is 1. The number of benzene rings is 2. The first-order valence-electron chi connectivity index (χ1n) is 12.5. The summed E-state index contributed by atoms with van der Waals surface area (Å²) in [5.74, 6) is 0.293. The van der Waals surface area contributed by atoms with Crippen LogP contribution in [0.5, 0.6) is 0 Å². The Kier molecular flexibility index (Phi) is 9.28. The molecule has 3 rings (SSSR count). The highest BCUT2D eigenvalue weighted by atomic mass is 19.1. The highest BCUT2D eigenvalue weighted by Crippen LogP contribution is 2.25. The molecule has 0 spiro atoms. The van der Waals surface area contributed by atoms with Crippen molar-refractivity contribution in [3.63, 3.8) is 0 Å². The zero-order valence-electron chi connectivity index (χ0n) is 21.1. The van der Waals surface area contributed by atoms with Crippen molar-refractivity contribution in [3.8, 4) is 0 Å². The van der Waals surface area contributed by atoms with E-state index in [2.05, 4.69) is 62.9 Å². The van der Waals surface area contributed by atoms with Gasteiger partial charge in [0, 0.05) is 31.4 Å². The highest BCUT2D eigenvalue weighted by Gasteiger charge is 2.32. The molecule has 34 heavy (non-hydrogen) atoms. The smallest absolute Gasteiger partial charge is 0.239 e. The van der Waals surface area contributed by atoms with Gasteiger partial charge in [0.05, 0.1) is 6.04 Å². The van der Waals surface area contributed by atoms with E-state index < -0.39 is 6.04 Å².